The summed E-state index contributed by atoms with van der Waals surface area (Å²) in [6.07, 6.45) is -5.62. The van der Waals surface area contributed by atoms with Crippen molar-refractivity contribution in [3.05, 3.63) is 183 Å². The van der Waals surface area contributed by atoms with Crippen molar-refractivity contribution in [2.45, 2.75) is 14.7 Å². The Kier molecular flexibility index (Phi) is 33.8. The summed E-state index contributed by atoms with van der Waals surface area (Å²) in [5, 5.41) is -13.9. The van der Waals surface area contributed by atoms with Crippen LogP contribution in [-0.4, -0.2) is 146 Å². The molecule has 0 atom stereocenters. The van der Waals surface area contributed by atoms with E-state index in [0.29, 0.717) is 119 Å². The Morgan fingerprint density at radius 2 is 0.454 bits per heavy atom. The van der Waals surface area contributed by atoms with E-state index in [4.69, 9.17) is 150 Å². The molecule has 0 aliphatic heterocycles. The smallest absolute Gasteiger partial charge is 0.208 e. The Balaban J connectivity index is 0.000000309. The maximum absolute atomic E-state index is 16.0. The second-order valence-corrected chi connectivity index (χ2v) is 24.6. The molecule has 0 amide bonds. The first-order chi connectivity index (χ1) is 46.5. The molecule has 0 saturated carbocycles. The fourth-order valence-electron chi connectivity index (χ4n) is 9.47. The highest BCUT2D eigenvalue weighted by Crippen LogP contribution is 2.45. The maximum atomic E-state index is 16.0. The Bertz CT molecular complexity index is 3240. The van der Waals surface area contributed by atoms with Gasteiger partial charge in [-0.2, -0.15) is 0 Å². The quantitative estimate of drug-likeness (QED) is 0.00923. The third kappa shape index (κ3) is 19.6. The molecule has 0 aromatic heterocycles. The summed E-state index contributed by atoms with van der Waals surface area (Å²) in [7, 11) is 4.27. The van der Waals surface area contributed by atoms with E-state index in [2.05, 4.69) is 18.2 Å². The molecule has 0 saturated heterocycles. The molecule has 0 aliphatic rings. The lowest BCUT2D eigenvalue weighted by Crippen LogP contribution is -2.79. The van der Waals surface area contributed by atoms with Crippen LogP contribution in [-0.2, 0) is 53.5 Å². The van der Waals surface area contributed by atoms with Crippen molar-refractivity contribution in [3.63, 3.8) is 0 Å². The lowest BCUT2D eigenvalue weighted by molar-refractivity contribution is 0.0177. The fraction of sp³-hybridized carbons (Fsp3) is 0.333. The predicted molar refractivity (Wildman–Crippen MR) is 348 cm³/mol. The Morgan fingerprint density at radius 3 is 0.670 bits per heavy atom. The van der Waals surface area contributed by atoms with E-state index in [1.165, 1.54) is 0 Å². The molecule has 7 aromatic rings. The van der Waals surface area contributed by atoms with Crippen LogP contribution in [0.5, 0.6) is 17.2 Å². The zero-order valence-corrected chi connectivity index (χ0v) is 58.0. The summed E-state index contributed by atoms with van der Waals surface area (Å²) in [4.78, 5) is 2.98. The largest absolute Gasteiger partial charge is 0.486 e. The van der Waals surface area contributed by atoms with Gasteiger partial charge in [-0.25, -0.2) is 52.7 Å². The highest BCUT2D eigenvalue weighted by molar-refractivity contribution is 7.97. The average Bonchev–Trinajstić information content (AvgIpc) is 0.682. The fourth-order valence-corrected chi connectivity index (χ4v) is 13.9. The van der Waals surface area contributed by atoms with Crippen LogP contribution >= 0.6 is 92.8 Å². The van der Waals surface area contributed by atoms with Crippen LogP contribution in [0.3, 0.4) is 0 Å². The van der Waals surface area contributed by atoms with Gasteiger partial charge in [-0.05, 0) is 36.4 Å². The number of para-hydroxylation sites is 3. The summed E-state index contributed by atoms with van der Waals surface area (Å²) in [5.74, 6) is -29.0. The van der Waals surface area contributed by atoms with Gasteiger partial charge < -0.3 is 56.8 Å². The van der Waals surface area contributed by atoms with Crippen molar-refractivity contribution in [2.24, 2.45) is 0 Å². The van der Waals surface area contributed by atoms with Crippen LogP contribution < -0.4 is 36.1 Å². The minimum absolute atomic E-state index is 0.377. The normalized spacial score (nSPS) is 11.6. The van der Waals surface area contributed by atoms with E-state index >= 15 is 35.1 Å². The molecule has 0 spiro atoms. The van der Waals surface area contributed by atoms with Crippen LogP contribution in [0, 0.1) is 69.8 Å². The number of hydrogen-bond acceptors (Lipinski definition) is 12. The Morgan fingerprint density at radius 1 is 0.258 bits per heavy atom. The standard InChI is InChI=1S/C39H57O12S.C24BCl8F12/c1-40-16-19-43-22-25-46-28-31-49-34-10-4-7-13-37(34)52(38-14-8-5-11-35(38)50-32-29-47-26-23-44-20-17-41-2)39-15-9-6-12-36(39)51-33-30-48-27-24-45-21-18-42-3;26-5-1(13(34)21(42)17(38)9(5)30)25(2-6(27)10(31)18(39)22(43)14(2)35,3-7(28)11(32)19(40)23(44)15(3)36)4-8(29)12(33)20(41)24(45)16(4)37/h4-15H,16-33H2,1-3H3;/q+1;-1. The topological polar surface area (TPSA) is 111 Å². The van der Waals surface area contributed by atoms with E-state index in [0.717, 1.165) is 31.9 Å². The summed E-state index contributed by atoms with van der Waals surface area (Å²) < 4.78 is 250. The first-order valence-corrected chi connectivity index (χ1v) is 32.8. The maximum Gasteiger partial charge on any atom is 0.208 e. The van der Waals surface area contributed by atoms with E-state index in [9.17, 15) is 17.6 Å². The summed E-state index contributed by atoms with van der Waals surface area (Å²) >= 11 is 46.6. The van der Waals surface area contributed by atoms with Crippen molar-refractivity contribution in [1.29, 1.82) is 0 Å². The van der Waals surface area contributed by atoms with Gasteiger partial charge in [0.15, 0.2) is 63.8 Å². The first kappa shape index (κ1) is 81.4. The Labute approximate surface area is 592 Å². The van der Waals surface area contributed by atoms with Gasteiger partial charge in [0, 0.05) is 41.4 Å². The minimum atomic E-state index is -5.62. The van der Waals surface area contributed by atoms with E-state index in [-0.39, 0.29) is 0 Å². The van der Waals surface area contributed by atoms with Crippen LogP contribution in [0.15, 0.2) is 87.5 Å². The monoisotopic (exact) mass is 1560 g/mol. The molecule has 0 radical (unpaired) electrons. The molecule has 0 heterocycles. The number of ether oxygens (including phenoxy) is 12. The second-order valence-electron chi connectivity index (χ2n) is 19.6. The molecule has 0 bridgehead atoms. The molecule has 7 rings (SSSR count). The number of rotatable bonds is 37. The number of methoxy groups -OCH3 is 3. The van der Waals surface area contributed by atoms with Crippen molar-refractivity contribution in [3.8, 4) is 17.2 Å². The molecule has 0 fully saturated rings. The van der Waals surface area contributed by atoms with Crippen molar-refractivity contribution in [2.75, 3.05) is 140 Å². The molecule has 97 heavy (non-hydrogen) atoms. The van der Waals surface area contributed by atoms with Crippen LogP contribution in [0.1, 0.15) is 0 Å². The van der Waals surface area contributed by atoms with Gasteiger partial charge in [0.05, 0.1) is 119 Å². The molecule has 0 N–H and O–H groups in total. The zero-order chi connectivity index (χ0) is 71.1. The molecule has 34 heteroatoms. The van der Waals surface area contributed by atoms with Gasteiger partial charge in [-0.3, -0.25) is 0 Å². The molecule has 530 valence electrons. The van der Waals surface area contributed by atoms with Crippen LogP contribution in [0.2, 0.25) is 40.2 Å². The first-order valence-electron chi connectivity index (χ1n) is 28.6. The molecule has 0 unspecified atom stereocenters. The minimum Gasteiger partial charge on any atom is -0.486 e. The highest BCUT2D eigenvalue weighted by Gasteiger charge is 2.50. The van der Waals surface area contributed by atoms with E-state index < -0.39 is 149 Å². The van der Waals surface area contributed by atoms with Crippen LogP contribution in [0.4, 0.5) is 52.7 Å². The average molecular weight is 1560 g/mol. The van der Waals surface area contributed by atoms with Crippen molar-refractivity contribution < 1.29 is 110 Å². The lowest BCUT2D eigenvalue weighted by Gasteiger charge is -2.46. The molecule has 12 nitrogen and oxygen atoms in total. The molecule has 0 aliphatic carbocycles. The molecular formula is C63H57BCl8F12O12S. The van der Waals surface area contributed by atoms with Gasteiger partial charge in [0.1, 0.15) is 60.1 Å². The highest BCUT2D eigenvalue weighted by atomic mass is 35.5. The van der Waals surface area contributed by atoms with E-state index in [1.54, 1.807) is 21.3 Å². The van der Waals surface area contributed by atoms with E-state index in [1.807, 2.05) is 54.6 Å². The molecule has 7 aromatic carbocycles. The SMILES string of the molecule is COCCOCCOCCOc1ccccc1[S+](c1ccccc1OCCOCCOCCOC)c1ccccc1OCCOCCOCCOC.Fc1c(F)c(Cl)c(Cl)c([B-](c2c(F)c(F)c(F)c(Cl)c2Cl)(c2c(F)c(F)c(F)c(Cl)c2Cl)c2c(F)c(F)c(F)c(Cl)c2Cl)c1F. The predicted octanol–water partition coefficient (Wildman–Crippen LogP) is 14.9. The summed E-state index contributed by atoms with van der Waals surface area (Å²) in [6, 6.07) is 24.2. The van der Waals surface area contributed by atoms with Gasteiger partial charge in [0.25, 0.3) is 0 Å². The van der Waals surface area contributed by atoms with Crippen molar-refractivity contribution in [1.82, 2.24) is 0 Å². The lowest BCUT2D eigenvalue weighted by atomic mass is 9.12. The van der Waals surface area contributed by atoms with Gasteiger partial charge in [0.2, 0.25) is 14.7 Å². The second kappa shape index (κ2) is 40.2. The van der Waals surface area contributed by atoms with Gasteiger partial charge in [-0.1, -0.05) is 129 Å². The number of hydrogen-bond donors (Lipinski definition) is 0. The third-order valence-electron chi connectivity index (χ3n) is 13.8. The van der Waals surface area contributed by atoms with Gasteiger partial charge >= 0.3 is 0 Å². The third-order valence-corrected chi connectivity index (χ3v) is 19.5. The number of halogens is 20. The van der Waals surface area contributed by atoms with Crippen molar-refractivity contribution >= 4 is 132 Å². The summed E-state index contributed by atoms with van der Waals surface area (Å²) in [5.41, 5.74) is -8.47. The summed E-state index contributed by atoms with van der Waals surface area (Å²) in [6.45, 7) is 8.60. The Hall–Kier alpha value is -4.53. The van der Waals surface area contributed by atoms with Crippen LogP contribution in [0.25, 0.3) is 0 Å². The van der Waals surface area contributed by atoms with Gasteiger partial charge in [-0.15, -0.1) is 21.9 Å². The number of benzene rings is 7. The molecular weight excluding hydrogens is 1500 g/mol. The zero-order valence-electron chi connectivity index (χ0n) is 51.1.